The zero-order valence-electron chi connectivity index (χ0n) is 15.1. The van der Waals surface area contributed by atoms with Gasteiger partial charge in [-0.05, 0) is 17.7 Å². The van der Waals surface area contributed by atoms with E-state index in [0.717, 1.165) is 0 Å². The van der Waals surface area contributed by atoms with E-state index in [0.29, 0.717) is 22.8 Å². The van der Waals surface area contributed by atoms with Crippen molar-refractivity contribution in [2.24, 2.45) is 0 Å². The van der Waals surface area contributed by atoms with E-state index >= 15 is 0 Å². The number of thiazole rings is 1. The first-order valence-corrected chi connectivity index (χ1v) is 9.47. The molecule has 148 valence electrons. The highest BCUT2D eigenvalue weighted by molar-refractivity contribution is 7.13. The molecule has 10 heteroatoms. The maximum absolute atomic E-state index is 13.1. The van der Waals surface area contributed by atoms with Gasteiger partial charge >= 0.3 is 12.0 Å². The molecule has 2 heterocycles. The summed E-state index contributed by atoms with van der Waals surface area (Å²) in [6.45, 7) is 0.412. The van der Waals surface area contributed by atoms with E-state index in [9.17, 15) is 18.8 Å². The minimum Gasteiger partial charge on any atom is -0.452 e. The van der Waals surface area contributed by atoms with E-state index in [1.807, 2.05) is 0 Å². The number of anilines is 1. The van der Waals surface area contributed by atoms with Crippen LogP contribution in [0.15, 0.2) is 29.6 Å². The lowest BCUT2D eigenvalue weighted by atomic mass is 10.2. The largest absolute Gasteiger partial charge is 0.452 e. The second-order valence-corrected chi connectivity index (χ2v) is 7.15. The van der Waals surface area contributed by atoms with Gasteiger partial charge in [-0.1, -0.05) is 12.1 Å². The SMILES string of the molecule is CN(Cc1csc(NC(=O)NCc2cccc(F)c2)n1)C(=O)C1CCC(=O)O1. The van der Waals surface area contributed by atoms with E-state index < -0.39 is 12.1 Å². The first kappa shape index (κ1) is 19.7. The van der Waals surface area contributed by atoms with Gasteiger partial charge in [-0.3, -0.25) is 14.9 Å². The molecule has 1 fully saturated rings. The Balaban J connectivity index is 1.47. The molecule has 28 heavy (non-hydrogen) atoms. The number of hydrogen-bond donors (Lipinski definition) is 2. The maximum Gasteiger partial charge on any atom is 0.321 e. The lowest BCUT2D eigenvalue weighted by molar-refractivity contribution is -0.152. The molecule has 1 aliphatic rings. The number of nitrogens with one attached hydrogen (secondary N) is 2. The lowest BCUT2D eigenvalue weighted by Gasteiger charge is -2.19. The molecule has 2 aromatic rings. The van der Waals surface area contributed by atoms with Gasteiger partial charge < -0.3 is 15.0 Å². The van der Waals surface area contributed by atoms with Crippen LogP contribution < -0.4 is 10.6 Å². The van der Waals surface area contributed by atoms with Crippen LogP contribution in [0.25, 0.3) is 0 Å². The van der Waals surface area contributed by atoms with Crippen molar-refractivity contribution in [3.05, 3.63) is 46.7 Å². The number of rotatable bonds is 6. The average Bonchev–Trinajstić information content (AvgIpc) is 3.28. The minimum atomic E-state index is -0.734. The zero-order chi connectivity index (χ0) is 20.1. The number of urea groups is 1. The van der Waals surface area contributed by atoms with Crippen molar-refractivity contribution < 1.29 is 23.5 Å². The summed E-state index contributed by atoms with van der Waals surface area (Å²) in [5.74, 6) is -1.01. The molecule has 0 bridgehead atoms. The number of cyclic esters (lactones) is 1. The highest BCUT2D eigenvalue weighted by Gasteiger charge is 2.32. The molecule has 0 spiro atoms. The molecule has 0 saturated carbocycles. The van der Waals surface area contributed by atoms with Crippen molar-refractivity contribution in [1.29, 1.82) is 0 Å². The number of benzene rings is 1. The van der Waals surface area contributed by atoms with Crippen LogP contribution in [0.1, 0.15) is 24.1 Å². The second-order valence-electron chi connectivity index (χ2n) is 6.29. The van der Waals surface area contributed by atoms with Gasteiger partial charge in [-0.2, -0.15) is 0 Å². The zero-order valence-corrected chi connectivity index (χ0v) is 15.9. The monoisotopic (exact) mass is 406 g/mol. The number of hydrogen-bond acceptors (Lipinski definition) is 6. The molecule has 1 aliphatic heterocycles. The molecule has 1 unspecified atom stereocenters. The lowest BCUT2D eigenvalue weighted by Crippen LogP contribution is -2.35. The van der Waals surface area contributed by atoms with Crippen LogP contribution in [0, 0.1) is 5.82 Å². The third-order valence-electron chi connectivity index (χ3n) is 4.05. The van der Waals surface area contributed by atoms with E-state index in [1.54, 1.807) is 24.6 Å². The van der Waals surface area contributed by atoms with E-state index in [1.165, 1.54) is 28.4 Å². The number of carbonyl (C=O) groups is 3. The fourth-order valence-electron chi connectivity index (χ4n) is 2.67. The molecule has 0 radical (unpaired) electrons. The molecule has 3 amide bonds. The Bertz CT molecular complexity index is 888. The van der Waals surface area contributed by atoms with Gasteiger partial charge in [0.1, 0.15) is 5.82 Å². The Morgan fingerprint density at radius 1 is 1.43 bits per heavy atom. The number of halogens is 1. The van der Waals surface area contributed by atoms with Crippen molar-refractivity contribution in [3.8, 4) is 0 Å². The van der Waals surface area contributed by atoms with Crippen molar-refractivity contribution >= 4 is 34.4 Å². The molecular weight excluding hydrogens is 387 g/mol. The Morgan fingerprint density at radius 3 is 2.96 bits per heavy atom. The predicted octanol–water partition coefficient (Wildman–Crippen LogP) is 2.27. The molecule has 1 aromatic heterocycles. The van der Waals surface area contributed by atoms with Crippen LogP contribution in [0.2, 0.25) is 0 Å². The van der Waals surface area contributed by atoms with Gasteiger partial charge in [0.25, 0.3) is 5.91 Å². The fraction of sp³-hybridized carbons (Fsp3) is 0.333. The van der Waals surface area contributed by atoms with Crippen LogP contribution in [0.3, 0.4) is 0 Å². The summed E-state index contributed by atoms with van der Waals surface area (Å²) in [6.07, 6.45) is -0.0979. The highest BCUT2D eigenvalue weighted by Crippen LogP contribution is 2.19. The van der Waals surface area contributed by atoms with Gasteiger partial charge in [0, 0.05) is 31.8 Å². The van der Waals surface area contributed by atoms with E-state index in [-0.39, 0.29) is 37.2 Å². The standard InChI is InChI=1S/C18H19FN4O4S/c1-23(16(25)14-5-6-15(24)27-14)9-13-10-28-18(21-13)22-17(26)20-8-11-3-2-4-12(19)7-11/h2-4,7,10,14H,5-6,8-9H2,1H3,(H2,20,21,22,26). The summed E-state index contributed by atoms with van der Waals surface area (Å²) in [7, 11) is 1.60. The molecule has 1 atom stereocenters. The molecule has 3 rings (SSSR count). The summed E-state index contributed by atoms with van der Waals surface area (Å²) in [6, 6.07) is 5.49. The average molecular weight is 406 g/mol. The van der Waals surface area contributed by atoms with Crippen molar-refractivity contribution in [3.63, 3.8) is 0 Å². The highest BCUT2D eigenvalue weighted by atomic mass is 32.1. The predicted molar refractivity (Wildman–Crippen MR) is 100.0 cm³/mol. The van der Waals surface area contributed by atoms with Crippen LogP contribution >= 0.6 is 11.3 Å². The molecular formula is C18H19FN4O4S. The number of aromatic nitrogens is 1. The summed E-state index contributed by atoms with van der Waals surface area (Å²) in [5, 5.41) is 7.33. The van der Waals surface area contributed by atoms with Crippen LogP contribution in [0.5, 0.6) is 0 Å². The number of ether oxygens (including phenoxy) is 1. The van der Waals surface area contributed by atoms with Gasteiger partial charge in [0.05, 0.1) is 12.2 Å². The quantitative estimate of drug-likeness (QED) is 0.717. The van der Waals surface area contributed by atoms with Crippen molar-refractivity contribution in [2.45, 2.75) is 32.0 Å². The third-order valence-corrected chi connectivity index (χ3v) is 4.86. The van der Waals surface area contributed by atoms with Crippen LogP contribution in [-0.2, 0) is 27.4 Å². The smallest absolute Gasteiger partial charge is 0.321 e. The number of amides is 3. The molecule has 1 aromatic carbocycles. The van der Waals surface area contributed by atoms with Crippen molar-refractivity contribution in [1.82, 2.24) is 15.2 Å². The maximum atomic E-state index is 13.1. The molecule has 8 nitrogen and oxygen atoms in total. The summed E-state index contributed by atoms with van der Waals surface area (Å²) in [4.78, 5) is 41.0. The number of likely N-dealkylation sites (N-methyl/N-ethyl adjacent to an activating group) is 1. The summed E-state index contributed by atoms with van der Waals surface area (Å²) < 4.78 is 18.1. The topological polar surface area (TPSA) is 101 Å². The normalized spacial score (nSPS) is 15.8. The number of esters is 1. The first-order valence-electron chi connectivity index (χ1n) is 8.59. The Morgan fingerprint density at radius 2 is 2.25 bits per heavy atom. The third kappa shape index (κ3) is 5.26. The van der Waals surface area contributed by atoms with Gasteiger partial charge in [-0.15, -0.1) is 11.3 Å². The van der Waals surface area contributed by atoms with Crippen molar-refractivity contribution in [2.75, 3.05) is 12.4 Å². The van der Waals surface area contributed by atoms with Gasteiger partial charge in [-0.25, -0.2) is 14.2 Å². The van der Waals surface area contributed by atoms with Gasteiger partial charge in [0.15, 0.2) is 11.2 Å². The Kier molecular flexibility index (Phi) is 6.19. The van der Waals surface area contributed by atoms with Crippen LogP contribution in [0.4, 0.5) is 14.3 Å². The van der Waals surface area contributed by atoms with E-state index in [4.69, 9.17) is 4.74 Å². The van der Waals surface area contributed by atoms with Crippen LogP contribution in [-0.4, -0.2) is 40.9 Å². The first-order chi connectivity index (χ1) is 13.4. The fourth-order valence-corrected chi connectivity index (χ4v) is 3.37. The Hall–Kier alpha value is -3.01. The van der Waals surface area contributed by atoms with Gasteiger partial charge in [0.2, 0.25) is 0 Å². The van der Waals surface area contributed by atoms with E-state index in [2.05, 4.69) is 15.6 Å². The molecule has 2 N–H and O–H groups in total. The summed E-state index contributed by atoms with van der Waals surface area (Å²) >= 11 is 1.22. The summed E-state index contributed by atoms with van der Waals surface area (Å²) in [5.41, 5.74) is 1.24. The molecule has 1 saturated heterocycles. The number of nitrogens with zero attached hydrogens (tertiary/aromatic N) is 2. The Labute approximate surface area is 164 Å². The number of carbonyl (C=O) groups excluding carboxylic acids is 3. The molecule has 0 aliphatic carbocycles. The minimum absolute atomic E-state index is 0.180. The second kappa shape index (κ2) is 8.79.